The minimum absolute atomic E-state index is 0.125. The molecule has 1 aromatic carbocycles. The van der Waals surface area contributed by atoms with Gasteiger partial charge in [0, 0.05) is 35.7 Å². The number of hydrogen-bond acceptors (Lipinski definition) is 3. The summed E-state index contributed by atoms with van der Waals surface area (Å²) in [5.74, 6) is 0.759. The van der Waals surface area contributed by atoms with Crippen molar-refractivity contribution in [3.8, 4) is 10.4 Å². The Labute approximate surface area is 152 Å². The van der Waals surface area contributed by atoms with Crippen LogP contribution in [-0.4, -0.2) is 9.55 Å². The number of nitrogens with zero attached hydrogens (tertiary/aromatic N) is 2. The average Bonchev–Trinajstić information content (AvgIpc) is 3.17. The largest absolute Gasteiger partial charge is 0.337 e. The van der Waals surface area contributed by atoms with Crippen LogP contribution < -0.4 is 5.32 Å². The summed E-state index contributed by atoms with van der Waals surface area (Å²) in [6.07, 6.45) is 3.70. The van der Waals surface area contributed by atoms with E-state index < -0.39 is 0 Å². The van der Waals surface area contributed by atoms with Crippen molar-refractivity contribution < 1.29 is 4.39 Å². The van der Waals surface area contributed by atoms with Crippen LogP contribution in [0.5, 0.6) is 0 Å². The van der Waals surface area contributed by atoms with E-state index in [-0.39, 0.29) is 11.2 Å². The number of nitrogens with one attached hydrogen (secondary N) is 1. The highest BCUT2D eigenvalue weighted by atomic mass is 32.1. The molecular formula is C20H24FN3S. The van der Waals surface area contributed by atoms with Crippen molar-refractivity contribution in [1.29, 1.82) is 0 Å². The van der Waals surface area contributed by atoms with Crippen LogP contribution in [0.25, 0.3) is 10.4 Å². The molecule has 0 aliphatic heterocycles. The standard InChI is InChI=1S/C20H24FN3S/c1-20(2,3)18-8-7-17(25-18)16-6-5-15(21)11-14(16)12-22-13-19-23-9-10-24(19)4/h5-11,22H,12-13H2,1-4H3. The molecule has 0 radical (unpaired) electrons. The van der Waals surface area contributed by atoms with Crippen LogP contribution in [-0.2, 0) is 25.6 Å². The second-order valence-electron chi connectivity index (χ2n) is 7.27. The number of halogens is 1. The van der Waals surface area contributed by atoms with Gasteiger partial charge < -0.3 is 9.88 Å². The van der Waals surface area contributed by atoms with E-state index in [9.17, 15) is 4.39 Å². The number of imidazole rings is 1. The highest BCUT2D eigenvalue weighted by molar-refractivity contribution is 7.15. The molecule has 0 fully saturated rings. The lowest BCUT2D eigenvalue weighted by molar-refractivity contribution is 0.604. The average molecular weight is 357 g/mol. The molecular weight excluding hydrogens is 333 g/mol. The number of thiophene rings is 1. The number of hydrogen-bond donors (Lipinski definition) is 1. The van der Waals surface area contributed by atoms with Crippen LogP contribution in [0.2, 0.25) is 0 Å². The summed E-state index contributed by atoms with van der Waals surface area (Å²) in [4.78, 5) is 6.82. The van der Waals surface area contributed by atoms with Crippen LogP contribution in [0, 0.1) is 5.82 Å². The van der Waals surface area contributed by atoms with Gasteiger partial charge in [0.2, 0.25) is 0 Å². The third kappa shape index (κ3) is 4.17. The topological polar surface area (TPSA) is 29.9 Å². The monoisotopic (exact) mass is 357 g/mol. The molecule has 0 aliphatic carbocycles. The van der Waals surface area contributed by atoms with Crippen molar-refractivity contribution in [1.82, 2.24) is 14.9 Å². The molecule has 0 amide bonds. The summed E-state index contributed by atoms with van der Waals surface area (Å²) in [6, 6.07) is 9.35. The van der Waals surface area contributed by atoms with Crippen molar-refractivity contribution in [3.63, 3.8) is 0 Å². The highest BCUT2D eigenvalue weighted by Crippen LogP contribution is 2.36. The first-order chi connectivity index (χ1) is 11.8. The minimum Gasteiger partial charge on any atom is -0.337 e. The van der Waals surface area contributed by atoms with E-state index in [0.717, 1.165) is 17.0 Å². The molecule has 25 heavy (non-hydrogen) atoms. The van der Waals surface area contributed by atoms with Gasteiger partial charge in [0.25, 0.3) is 0 Å². The predicted octanol–water partition coefficient (Wildman–Crippen LogP) is 4.88. The maximum absolute atomic E-state index is 13.8. The van der Waals surface area contributed by atoms with Crippen molar-refractivity contribution in [2.24, 2.45) is 7.05 Å². The van der Waals surface area contributed by atoms with E-state index in [0.29, 0.717) is 13.1 Å². The van der Waals surface area contributed by atoms with Crippen LogP contribution in [0.3, 0.4) is 0 Å². The molecule has 0 saturated carbocycles. The Bertz CT molecular complexity index is 858. The van der Waals surface area contributed by atoms with Gasteiger partial charge in [-0.05, 0) is 40.8 Å². The molecule has 0 unspecified atom stereocenters. The second-order valence-corrected chi connectivity index (χ2v) is 8.36. The van der Waals surface area contributed by atoms with E-state index >= 15 is 0 Å². The number of aryl methyl sites for hydroxylation is 1. The lowest BCUT2D eigenvalue weighted by atomic mass is 9.95. The summed E-state index contributed by atoms with van der Waals surface area (Å²) >= 11 is 1.78. The van der Waals surface area contributed by atoms with Gasteiger partial charge in [0.1, 0.15) is 11.6 Å². The van der Waals surface area contributed by atoms with Gasteiger partial charge in [0.05, 0.1) is 6.54 Å². The van der Waals surface area contributed by atoms with Crippen LogP contribution in [0.15, 0.2) is 42.7 Å². The summed E-state index contributed by atoms with van der Waals surface area (Å²) in [6.45, 7) is 7.88. The van der Waals surface area contributed by atoms with Gasteiger partial charge in [0.15, 0.2) is 0 Å². The lowest BCUT2D eigenvalue weighted by Gasteiger charge is -2.15. The highest BCUT2D eigenvalue weighted by Gasteiger charge is 2.17. The van der Waals surface area contributed by atoms with Gasteiger partial charge in [-0.1, -0.05) is 26.8 Å². The molecule has 2 heterocycles. The van der Waals surface area contributed by atoms with Gasteiger partial charge in [-0.2, -0.15) is 0 Å². The summed E-state index contributed by atoms with van der Waals surface area (Å²) in [5.41, 5.74) is 2.19. The predicted molar refractivity (Wildman–Crippen MR) is 102 cm³/mol. The maximum atomic E-state index is 13.8. The molecule has 0 aliphatic rings. The maximum Gasteiger partial charge on any atom is 0.123 e. The number of aromatic nitrogens is 2. The first-order valence-corrected chi connectivity index (χ1v) is 9.22. The van der Waals surface area contributed by atoms with E-state index in [2.05, 4.69) is 43.2 Å². The molecule has 2 aromatic heterocycles. The Morgan fingerprint density at radius 1 is 1.16 bits per heavy atom. The second kappa shape index (κ2) is 7.10. The molecule has 3 aromatic rings. The zero-order chi connectivity index (χ0) is 18.0. The van der Waals surface area contributed by atoms with E-state index in [1.165, 1.54) is 15.8 Å². The van der Waals surface area contributed by atoms with E-state index in [1.54, 1.807) is 23.6 Å². The fourth-order valence-electron chi connectivity index (χ4n) is 2.71. The molecule has 0 spiro atoms. The minimum atomic E-state index is -0.204. The Hall–Kier alpha value is -1.98. The SMILES string of the molecule is Cn1ccnc1CNCc1cc(F)ccc1-c1ccc(C(C)(C)C)s1. The van der Waals surface area contributed by atoms with Crippen LogP contribution in [0.4, 0.5) is 4.39 Å². The first kappa shape index (κ1) is 17.8. The normalized spacial score (nSPS) is 11.9. The van der Waals surface area contributed by atoms with Gasteiger partial charge in [-0.15, -0.1) is 11.3 Å². The molecule has 1 N–H and O–H groups in total. The lowest BCUT2D eigenvalue weighted by Crippen LogP contribution is -2.16. The Kier molecular flexibility index (Phi) is 5.06. The smallest absolute Gasteiger partial charge is 0.123 e. The summed E-state index contributed by atoms with van der Waals surface area (Å²) in [5, 5.41) is 3.37. The fourth-order valence-corrected chi connectivity index (χ4v) is 3.83. The molecule has 0 saturated heterocycles. The Morgan fingerprint density at radius 3 is 2.60 bits per heavy atom. The van der Waals surface area contributed by atoms with Gasteiger partial charge >= 0.3 is 0 Å². The molecule has 0 atom stereocenters. The summed E-state index contributed by atoms with van der Waals surface area (Å²) < 4.78 is 15.8. The Balaban J connectivity index is 1.81. The van der Waals surface area contributed by atoms with Crippen LogP contribution in [0.1, 0.15) is 37.0 Å². The third-order valence-electron chi connectivity index (χ3n) is 4.20. The van der Waals surface area contributed by atoms with Gasteiger partial charge in [-0.3, -0.25) is 0 Å². The van der Waals surface area contributed by atoms with E-state index in [1.807, 2.05) is 23.9 Å². The zero-order valence-electron chi connectivity index (χ0n) is 15.1. The number of rotatable bonds is 5. The van der Waals surface area contributed by atoms with E-state index in [4.69, 9.17) is 0 Å². The summed E-state index contributed by atoms with van der Waals surface area (Å²) in [7, 11) is 1.97. The Morgan fingerprint density at radius 2 is 1.96 bits per heavy atom. The molecule has 5 heteroatoms. The zero-order valence-corrected chi connectivity index (χ0v) is 16.0. The fraction of sp³-hybridized carbons (Fsp3) is 0.350. The van der Waals surface area contributed by atoms with Crippen molar-refractivity contribution in [2.75, 3.05) is 0 Å². The van der Waals surface area contributed by atoms with Crippen LogP contribution >= 0.6 is 11.3 Å². The quantitative estimate of drug-likeness (QED) is 0.706. The first-order valence-electron chi connectivity index (χ1n) is 8.40. The van der Waals surface area contributed by atoms with Crippen molar-refractivity contribution in [3.05, 3.63) is 64.8 Å². The molecule has 3 rings (SSSR count). The van der Waals surface area contributed by atoms with Crippen molar-refractivity contribution >= 4 is 11.3 Å². The third-order valence-corrected chi connectivity index (χ3v) is 5.74. The van der Waals surface area contributed by atoms with Crippen molar-refractivity contribution in [2.45, 2.75) is 39.3 Å². The molecule has 132 valence electrons. The van der Waals surface area contributed by atoms with Gasteiger partial charge in [-0.25, -0.2) is 9.37 Å². The molecule has 3 nitrogen and oxygen atoms in total. The number of benzene rings is 1. The molecule has 0 bridgehead atoms.